The molecule has 190 valence electrons. The quantitative estimate of drug-likeness (QED) is 0.0632. The van der Waals surface area contributed by atoms with E-state index in [0.717, 1.165) is 0 Å². The van der Waals surface area contributed by atoms with Crippen molar-refractivity contribution in [1.82, 2.24) is 16.0 Å². The topological polar surface area (TPSA) is 235 Å². The highest BCUT2D eigenvalue weighted by Crippen LogP contribution is 2.05. The van der Waals surface area contributed by atoms with Gasteiger partial charge in [-0.25, -0.2) is 4.79 Å². The third-order valence-electron chi connectivity index (χ3n) is 4.59. The van der Waals surface area contributed by atoms with E-state index in [4.69, 9.17) is 17.2 Å². The second-order valence-electron chi connectivity index (χ2n) is 7.71. The number of nitrogens with zero attached hydrogens (tertiary/aromatic N) is 1. The van der Waals surface area contributed by atoms with Gasteiger partial charge in [-0.2, -0.15) is 11.8 Å². The Morgan fingerprint density at radius 2 is 1.55 bits per heavy atom. The molecule has 4 unspecified atom stereocenters. The van der Waals surface area contributed by atoms with Gasteiger partial charge in [-0.15, -0.1) is 0 Å². The van der Waals surface area contributed by atoms with E-state index in [1.54, 1.807) is 13.8 Å². The van der Waals surface area contributed by atoms with Crippen LogP contribution in [0.3, 0.4) is 0 Å². The number of hydrogen-bond donors (Lipinski definition) is 8. The fourth-order valence-electron chi connectivity index (χ4n) is 2.66. The molecule has 0 fully saturated rings. The van der Waals surface area contributed by atoms with Crippen LogP contribution >= 0.6 is 11.8 Å². The lowest BCUT2D eigenvalue weighted by Crippen LogP contribution is -2.58. The van der Waals surface area contributed by atoms with Gasteiger partial charge >= 0.3 is 5.97 Å². The van der Waals surface area contributed by atoms with Crippen LogP contribution in [0.1, 0.15) is 33.1 Å². The summed E-state index contributed by atoms with van der Waals surface area (Å²) in [5.74, 6) is -3.28. The minimum atomic E-state index is -1.42. The molecule has 0 aromatic carbocycles. The number of rotatable bonds is 16. The summed E-state index contributed by atoms with van der Waals surface area (Å²) in [7, 11) is 0. The molecule has 11 N–H and O–H groups in total. The van der Waals surface area contributed by atoms with Crippen LogP contribution in [0.15, 0.2) is 4.99 Å². The van der Waals surface area contributed by atoms with Crippen molar-refractivity contribution in [2.75, 3.05) is 25.2 Å². The number of aliphatic hydroxyl groups excluding tert-OH is 1. The number of aliphatic imine (C=N–C) groups is 1. The molecule has 4 atom stereocenters. The molecular formula is C19H37N7O6S. The molecule has 0 aliphatic carbocycles. The highest BCUT2D eigenvalue weighted by Gasteiger charge is 2.30. The number of carboxylic acids is 1. The highest BCUT2D eigenvalue weighted by atomic mass is 32.2. The molecule has 0 rings (SSSR count). The molecule has 0 radical (unpaired) electrons. The third-order valence-corrected chi connectivity index (χ3v) is 5.24. The molecule has 33 heavy (non-hydrogen) atoms. The molecule has 3 amide bonds. The lowest BCUT2D eigenvalue weighted by atomic mass is 10.0. The number of carbonyl (C=O) groups is 4. The zero-order valence-electron chi connectivity index (χ0n) is 19.2. The summed E-state index contributed by atoms with van der Waals surface area (Å²) in [6.07, 6.45) is 2.75. The monoisotopic (exact) mass is 491 g/mol. The van der Waals surface area contributed by atoms with Gasteiger partial charge in [0, 0.05) is 6.54 Å². The number of thioether (sulfide) groups is 1. The van der Waals surface area contributed by atoms with Gasteiger partial charge < -0.3 is 43.4 Å². The summed E-state index contributed by atoms with van der Waals surface area (Å²) in [5, 5.41) is 26.0. The maximum atomic E-state index is 12.8. The Morgan fingerprint density at radius 3 is 2.03 bits per heavy atom. The van der Waals surface area contributed by atoms with E-state index >= 15 is 0 Å². The highest BCUT2D eigenvalue weighted by molar-refractivity contribution is 7.98. The van der Waals surface area contributed by atoms with Crippen LogP contribution in [0.25, 0.3) is 0 Å². The van der Waals surface area contributed by atoms with Crippen LogP contribution in [0.2, 0.25) is 0 Å². The SMILES string of the molecule is CSCCC(N)C(=O)NC(CCCN=C(N)N)C(=O)NC(CO)C(=O)NC(C(=O)O)C(C)C. The van der Waals surface area contributed by atoms with Crippen LogP contribution in [-0.4, -0.2) is 89.2 Å². The lowest BCUT2D eigenvalue weighted by molar-refractivity contribution is -0.143. The van der Waals surface area contributed by atoms with Crippen LogP contribution in [0.4, 0.5) is 0 Å². The average molecular weight is 492 g/mol. The minimum absolute atomic E-state index is 0.116. The third kappa shape index (κ3) is 12.3. The number of aliphatic carboxylic acids is 1. The largest absolute Gasteiger partial charge is 0.480 e. The van der Waals surface area contributed by atoms with Gasteiger partial charge in [-0.05, 0) is 37.2 Å². The normalized spacial score (nSPS) is 14.5. The van der Waals surface area contributed by atoms with Crippen LogP contribution in [-0.2, 0) is 19.2 Å². The van der Waals surface area contributed by atoms with Gasteiger partial charge in [-0.3, -0.25) is 19.4 Å². The predicted molar refractivity (Wildman–Crippen MR) is 126 cm³/mol. The standard InChI is InChI=1S/C19H37N7O6S/c1-10(2)14(18(31)32)26-17(30)13(9-27)25-16(29)12(5-4-7-23-19(21)22)24-15(28)11(20)6-8-33-3/h10-14,27H,4-9,20H2,1-3H3,(H,24,28)(H,25,29)(H,26,30)(H,31,32)(H4,21,22,23). The molecule has 0 aliphatic heterocycles. The van der Waals surface area contributed by atoms with Crippen molar-refractivity contribution in [3.8, 4) is 0 Å². The molecule has 14 heteroatoms. The molecule has 0 aliphatic rings. The summed E-state index contributed by atoms with van der Waals surface area (Å²) in [6.45, 7) is 2.64. The zero-order valence-corrected chi connectivity index (χ0v) is 20.1. The van der Waals surface area contributed by atoms with E-state index in [1.807, 2.05) is 6.26 Å². The molecule has 0 saturated carbocycles. The number of carboxylic acid groups (broad SMARTS) is 1. The molecule has 0 heterocycles. The first-order valence-corrected chi connectivity index (χ1v) is 11.9. The van der Waals surface area contributed by atoms with E-state index < -0.39 is 60.4 Å². The molecule has 0 spiro atoms. The van der Waals surface area contributed by atoms with E-state index in [0.29, 0.717) is 18.6 Å². The Hall–Kier alpha value is -2.58. The summed E-state index contributed by atoms with van der Waals surface area (Å²) in [5.41, 5.74) is 16.4. The van der Waals surface area contributed by atoms with Gasteiger partial charge in [0.25, 0.3) is 0 Å². The number of aliphatic hydroxyl groups is 1. The van der Waals surface area contributed by atoms with Gasteiger partial charge in [0.1, 0.15) is 18.1 Å². The van der Waals surface area contributed by atoms with E-state index in [2.05, 4.69) is 20.9 Å². The number of nitrogens with one attached hydrogen (secondary N) is 3. The van der Waals surface area contributed by atoms with E-state index in [-0.39, 0.29) is 18.9 Å². The van der Waals surface area contributed by atoms with Gasteiger partial charge in [0.15, 0.2) is 5.96 Å². The zero-order chi connectivity index (χ0) is 25.6. The maximum Gasteiger partial charge on any atom is 0.326 e. The van der Waals surface area contributed by atoms with Crippen molar-refractivity contribution in [1.29, 1.82) is 0 Å². The number of hydrogen-bond acceptors (Lipinski definition) is 8. The summed E-state index contributed by atoms with van der Waals surface area (Å²) >= 11 is 1.52. The molecule has 0 bridgehead atoms. The second kappa shape index (κ2) is 16.1. The minimum Gasteiger partial charge on any atom is -0.480 e. The van der Waals surface area contributed by atoms with Gasteiger partial charge in [-0.1, -0.05) is 13.8 Å². The predicted octanol–water partition coefficient (Wildman–Crippen LogP) is -2.69. The first kappa shape index (κ1) is 30.4. The molecule has 13 nitrogen and oxygen atoms in total. The number of carbonyl (C=O) groups excluding carboxylic acids is 3. The molecule has 0 aromatic heterocycles. The number of nitrogens with two attached hydrogens (primary N) is 3. The number of guanidine groups is 1. The fourth-order valence-corrected chi connectivity index (χ4v) is 3.15. The van der Waals surface area contributed by atoms with Crippen LogP contribution in [0, 0.1) is 5.92 Å². The van der Waals surface area contributed by atoms with Crippen molar-refractivity contribution in [3.05, 3.63) is 0 Å². The van der Waals surface area contributed by atoms with E-state index in [1.165, 1.54) is 11.8 Å². The number of amides is 3. The van der Waals surface area contributed by atoms with Crippen molar-refractivity contribution >= 4 is 41.4 Å². The second-order valence-corrected chi connectivity index (χ2v) is 8.70. The first-order valence-electron chi connectivity index (χ1n) is 10.5. The maximum absolute atomic E-state index is 12.8. The summed E-state index contributed by atoms with van der Waals surface area (Å²) in [6, 6.07) is -4.52. The Morgan fingerprint density at radius 1 is 0.970 bits per heavy atom. The summed E-state index contributed by atoms with van der Waals surface area (Å²) in [4.78, 5) is 52.8. The first-order chi connectivity index (χ1) is 15.4. The van der Waals surface area contributed by atoms with Gasteiger partial charge in [0.05, 0.1) is 12.6 Å². The Kier molecular flexibility index (Phi) is 14.8. The van der Waals surface area contributed by atoms with Crippen molar-refractivity contribution in [2.24, 2.45) is 28.1 Å². The fraction of sp³-hybridized carbons (Fsp3) is 0.737. The van der Waals surface area contributed by atoms with Crippen molar-refractivity contribution in [2.45, 2.75) is 57.3 Å². The Bertz CT molecular complexity index is 688. The van der Waals surface area contributed by atoms with Crippen molar-refractivity contribution in [3.63, 3.8) is 0 Å². The molecule has 0 aromatic rings. The smallest absolute Gasteiger partial charge is 0.326 e. The Labute approximate surface area is 197 Å². The lowest BCUT2D eigenvalue weighted by Gasteiger charge is -2.25. The van der Waals surface area contributed by atoms with Crippen LogP contribution < -0.4 is 33.2 Å². The molecule has 0 saturated heterocycles. The molecular weight excluding hydrogens is 454 g/mol. The van der Waals surface area contributed by atoms with E-state index in [9.17, 15) is 29.4 Å². The summed E-state index contributed by atoms with van der Waals surface area (Å²) < 4.78 is 0. The van der Waals surface area contributed by atoms with Crippen molar-refractivity contribution < 1.29 is 29.4 Å². The Balaban J connectivity index is 5.31. The van der Waals surface area contributed by atoms with Crippen LogP contribution in [0.5, 0.6) is 0 Å². The van der Waals surface area contributed by atoms with Gasteiger partial charge in [0.2, 0.25) is 17.7 Å². The average Bonchev–Trinajstić information content (AvgIpc) is 2.74.